The Morgan fingerprint density at radius 1 is 1.15 bits per heavy atom. The van der Waals surface area contributed by atoms with Crippen molar-refractivity contribution in [3.8, 4) is 0 Å². The van der Waals surface area contributed by atoms with E-state index in [1.54, 1.807) is 24.3 Å². The Bertz CT molecular complexity index is 885. The quantitative estimate of drug-likeness (QED) is 0.744. The molecule has 2 N–H and O–H groups in total. The van der Waals surface area contributed by atoms with Crippen LogP contribution < -0.4 is 10.2 Å². The fourth-order valence-electron chi connectivity index (χ4n) is 2.48. The van der Waals surface area contributed by atoms with Crippen molar-refractivity contribution >= 4 is 21.6 Å². The molecule has 0 aliphatic heterocycles. The summed E-state index contributed by atoms with van der Waals surface area (Å²) in [5.74, 6) is -0.558. The monoisotopic (exact) mass is 380 g/mol. The lowest BCUT2D eigenvalue weighted by Gasteiger charge is -2.15. The number of benzene rings is 2. The molecule has 0 saturated carbocycles. The van der Waals surface area contributed by atoms with E-state index in [1.807, 2.05) is 7.05 Å². The maximum Gasteiger partial charge on any atom is 0.279 e. The number of anilines is 1. The van der Waals surface area contributed by atoms with Crippen LogP contribution in [0.1, 0.15) is 5.56 Å². The van der Waals surface area contributed by atoms with E-state index >= 15 is 0 Å². The number of rotatable bonds is 7. The summed E-state index contributed by atoms with van der Waals surface area (Å²) in [7, 11) is 1.17. The van der Waals surface area contributed by atoms with E-state index in [4.69, 9.17) is 0 Å². The van der Waals surface area contributed by atoms with Gasteiger partial charge in [-0.25, -0.2) is 17.1 Å². The molecular weight excluding hydrogens is 357 g/mol. The number of hydrogen-bond acceptors (Lipinski definition) is 3. The highest BCUT2D eigenvalue weighted by Gasteiger charge is 2.18. The largest absolute Gasteiger partial charge is 0.326 e. The number of likely N-dealkylation sites (N-methyl/N-ethyl adjacent to an activating group) is 1. The third-order valence-electron chi connectivity index (χ3n) is 3.75. The SMILES string of the molecule is CN(C)S(=O)(=O)c1cccc(NC(=O)C[NH+](C)Cc2cccc(F)c2)c1. The van der Waals surface area contributed by atoms with Gasteiger partial charge in [0.15, 0.2) is 6.54 Å². The third kappa shape index (κ3) is 5.35. The molecule has 0 fully saturated rings. The van der Waals surface area contributed by atoms with Crippen LogP contribution in [0.2, 0.25) is 0 Å². The van der Waals surface area contributed by atoms with Gasteiger partial charge in [-0.2, -0.15) is 0 Å². The zero-order chi connectivity index (χ0) is 19.3. The van der Waals surface area contributed by atoms with Crippen LogP contribution in [0.3, 0.4) is 0 Å². The molecule has 1 atom stereocenters. The summed E-state index contributed by atoms with van der Waals surface area (Å²) >= 11 is 0. The van der Waals surface area contributed by atoms with Gasteiger partial charge >= 0.3 is 0 Å². The molecule has 6 nitrogen and oxygen atoms in total. The summed E-state index contributed by atoms with van der Waals surface area (Å²) in [5.41, 5.74) is 1.21. The van der Waals surface area contributed by atoms with Crippen molar-refractivity contribution in [3.05, 3.63) is 59.9 Å². The number of sulfonamides is 1. The van der Waals surface area contributed by atoms with E-state index in [2.05, 4.69) is 5.32 Å². The standard InChI is InChI=1S/C18H22FN3O3S/c1-21(2)26(24,25)17-9-5-8-16(11-17)20-18(23)13-22(3)12-14-6-4-7-15(19)10-14/h4-11H,12-13H2,1-3H3,(H,20,23)/p+1. The van der Waals surface area contributed by atoms with Crippen molar-refractivity contribution in [1.29, 1.82) is 0 Å². The van der Waals surface area contributed by atoms with Crippen LogP contribution in [0.4, 0.5) is 10.1 Å². The Balaban J connectivity index is 1.99. The summed E-state index contributed by atoms with van der Waals surface area (Å²) in [4.78, 5) is 13.2. The number of carbonyl (C=O) groups is 1. The van der Waals surface area contributed by atoms with Gasteiger partial charge in [0, 0.05) is 25.3 Å². The van der Waals surface area contributed by atoms with Gasteiger partial charge in [-0.15, -0.1) is 0 Å². The maximum absolute atomic E-state index is 13.2. The number of hydrogen-bond donors (Lipinski definition) is 2. The predicted octanol–water partition coefficient (Wildman–Crippen LogP) is 0.729. The molecule has 0 aliphatic rings. The van der Waals surface area contributed by atoms with E-state index in [0.717, 1.165) is 14.8 Å². The van der Waals surface area contributed by atoms with Gasteiger partial charge in [0.05, 0.1) is 11.9 Å². The Morgan fingerprint density at radius 3 is 2.50 bits per heavy atom. The average Bonchev–Trinajstić information content (AvgIpc) is 2.54. The summed E-state index contributed by atoms with van der Waals surface area (Å²) in [6.07, 6.45) is 0. The van der Waals surface area contributed by atoms with Gasteiger partial charge in [0.2, 0.25) is 10.0 Å². The molecule has 0 aromatic heterocycles. The first kappa shape index (κ1) is 20.0. The molecule has 0 spiro atoms. The lowest BCUT2D eigenvalue weighted by molar-refractivity contribution is -0.885. The van der Waals surface area contributed by atoms with Crippen molar-refractivity contribution < 1.29 is 22.5 Å². The number of quaternary nitrogens is 1. The van der Waals surface area contributed by atoms with Crippen LogP contribution >= 0.6 is 0 Å². The Morgan fingerprint density at radius 2 is 1.85 bits per heavy atom. The van der Waals surface area contributed by atoms with E-state index < -0.39 is 10.0 Å². The minimum Gasteiger partial charge on any atom is -0.326 e. The van der Waals surface area contributed by atoms with Crippen LogP contribution in [0, 0.1) is 5.82 Å². The molecule has 0 aliphatic carbocycles. The minimum atomic E-state index is -3.56. The molecule has 0 radical (unpaired) electrons. The van der Waals surface area contributed by atoms with Crippen LogP contribution in [-0.4, -0.2) is 46.3 Å². The van der Waals surface area contributed by atoms with Crippen LogP contribution in [0.25, 0.3) is 0 Å². The zero-order valence-electron chi connectivity index (χ0n) is 15.0. The maximum atomic E-state index is 13.2. The predicted molar refractivity (Wildman–Crippen MR) is 97.8 cm³/mol. The Labute approximate surface area is 153 Å². The molecule has 2 rings (SSSR count). The van der Waals surface area contributed by atoms with Gasteiger partial charge in [-0.05, 0) is 30.3 Å². The molecule has 2 aromatic rings. The fraction of sp³-hybridized carbons (Fsp3) is 0.278. The first-order chi connectivity index (χ1) is 12.2. The molecule has 0 bridgehead atoms. The highest BCUT2D eigenvalue weighted by atomic mass is 32.2. The summed E-state index contributed by atoms with van der Waals surface area (Å²) in [6, 6.07) is 12.4. The van der Waals surface area contributed by atoms with E-state index in [1.165, 1.54) is 38.4 Å². The third-order valence-corrected chi connectivity index (χ3v) is 5.56. The number of halogens is 1. The second-order valence-corrected chi connectivity index (χ2v) is 8.46. The molecule has 8 heteroatoms. The molecule has 0 heterocycles. The van der Waals surface area contributed by atoms with Gasteiger partial charge in [-0.3, -0.25) is 4.79 Å². The molecule has 1 amide bonds. The second kappa shape index (κ2) is 8.39. The Kier molecular flexibility index (Phi) is 6.47. The van der Waals surface area contributed by atoms with Crippen LogP contribution in [0.15, 0.2) is 53.4 Å². The summed E-state index contributed by atoms with van der Waals surface area (Å²) in [5, 5.41) is 2.70. The molecule has 140 valence electrons. The van der Waals surface area contributed by atoms with Crippen molar-refractivity contribution in [2.75, 3.05) is 33.0 Å². The smallest absolute Gasteiger partial charge is 0.279 e. The number of carbonyl (C=O) groups excluding carboxylic acids is 1. The summed E-state index contributed by atoms with van der Waals surface area (Å²) < 4.78 is 38.6. The fourth-order valence-corrected chi connectivity index (χ4v) is 3.43. The molecular formula is C18H23FN3O3S+. The lowest BCUT2D eigenvalue weighted by atomic mass is 10.2. The van der Waals surface area contributed by atoms with Gasteiger partial charge in [0.1, 0.15) is 12.4 Å². The van der Waals surface area contributed by atoms with E-state index in [9.17, 15) is 17.6 Å². The zero-order valence-corrected chi connectivity index (χ0v) is 15.8. The van der Waals surface area contributed by atoms with Gasteiger partial charge < -0.3 is 10.2 Å². The lowest BCUT2D eigenvalue weighted by Crippen LogP contribution is -3.08. The highest BCUT2D eigenvalue weighted by molar-refractivity contribution is 7.89. The second-order valence-electron chi connectivity index (χ2n) is 6.30. The topological polar surface area (TPSA) is 70.9 Å². The van der Waals surface area contributed by atoms with Crippen molar-refractivity contribution in [2.45, 2.75) is 11.4 Å². The van der Waals surface area contributed by atoms with Crippen molar-refractivity contribution in [2.24, 2.45) is 0 Å². The number of nitrogens with zero attached hydrogens (tertiary/aromatic N) is 1. The normalized spacial score (nSPS) is 12.8. The molecule has 1 unspecified atom stereocenters. The van der Waals surface area contributed by atoms with Crippen molar-refractivity contribution in [1.82, 2.24) is 4.31 Å². The van der Waals surface area contributed by atoms with E-state index in [0.29, 0.717) is 12.2 Å². The average molecular weight is 380 g/mol. The molecule has 0 saturated heterocycles. The Hall–Kier alpha value is -2.29. The number of nitrogens with one attached hydrogen (secondary N) is 2. The minimum absolute atomic E-state index is 0.112. The summed E-state index contributed by atoms with van der Waals surface area (Å²) in [6.45, 7) is 0.668. The first-order valence-corrected chi connectivity index (χ1v) is 9.50. The highest BCUT2D eigenvalue weighted by Crippen LogP contribution is 2.17. The molecule has 2 aromatic carbocycles. The van der Waals surface area contributed by atoms with E-state index in [-0.39, 0.29) is 23.2 Å². The van der Waals surface area contributed by atoms with Gasteiger partial charge in [-0.1, -0.05) is 18.2 Å². The first-order valence-electron chi connectivity index (χ1n) is 8.06. The number of amides is 1. The van der Waals surface area contributed by atoms with Crippen LogP contribution in [0.5, 0.6) is 0 Å². The molecule has 26 heavy (non-hydrogen) atoms. The van der Waals surface area contributed by atoms with Gasteiger partial charge in [0.25, 0.3) is 5.91 Å². The van der Waals surface area contributed by atoms with Crippen LogP contribution in [-0.2, 0) is 21.4 Å². The van der Waals surface area contributed by atoms with Crippen molar-refractivity contribution in [3.63, 3.8) is 0 Å².